The van der Waals surface area contributed by atoms with Gasteiger partial charge in [-0.25, -0.2) is 4.39 Å². The molecule has 0 saturated carbocycles. The van der Waals surface area contributed by atoms with E-state index in [2.05, 4.69) is 15.1 Å². The minimum Gasteiger partial charge on any atom is -0.337 e. The molecule has 0 N–H and O–H groups in total. The second kappa shape index (κ2) is 6.57. The first-order valence-electron chi connectivity index (χ1n) is 8.24. The van der Waals surface area contributed by atoms with Gasteiger partial charge < -0.3 is 4.90 Å². The fraction of sp³-hybridized carbons (Fsp3) is 0.471. The van der Waals surface area contributed by atoms with E-state index in [0.29, 0.717) is 12.5 Å². The Morgan fingerprint density at radius 3 is 2.79 bits per heavy atom. The molecule has 0 bridgehead atoms. The molecule has 126 valence electrons. The van der Waals surface area contributed by atoms with Crippen molar-refractivity contribution in [3.8, 4) is 0 Å². The molecule has 24 heavy (non-hydrogen) atoms. The molecule has 2 unspecified atom stereocenters. The number of halogens is 1. The van der Waals surface area contributed by atoms with E-state index in [-0.39, 0.29) is 17.8 Å². The van der Waals surface area contributed by atoms with Gasteiger partial charge in [-0.1, -0.05) is 12.1 Å². The second-order valence-electron chi connectivity index (χ2n) is 6.45. The summed E-state index contributed by atoms with van der Waals surface area (Å²) in [4.78, 5) is 16.9. The first-order valence-corrected chi connectivity index (χ1v) is 9.12. The first kappa shape index (κ1) is 15.7. The largest absolute Gasteiger partial charge is 0.337 e. The van der Waals surface area contributed by atoms with E-state index >= 15 is 0 Å². The number of carbonyl (C=O) groups is 1. The summed E-state index contributed by atoms with van der Waals surface area (Å²) in [6.07, 6.45) is 1.90. The molecule has 0 aliphatic carbocycles. The van der Waals surface area contributed by atoms with Crippen molar-refractivity contribution in [3.05, 3.63) is 46.2 Å². The van der Waals surface area contributed by atoms with Gasteiger partial charge in [-0.2, -0.15) is 0 Å². The van der Waals surface area contributed by atoms with Gasteiger partial charge in [0.25, 0.3) is 0 Å². The zero-order chi connectivity index (χ0) is 16.5. The SMILES string of the molecule is O=C1C(N2CCC(c3nncs3)C2)CCN1Cc1ccc(F)cc1. The Balaban J connectivity index is 1.38. The molecule has 1 aromatic carbocycles. The van der Waals surface area contributed by atoms with Crippen LogP contribution in [0.3, 0.4) is 0 Å². The molecule has 0 spiro atoms. The highest BCUT2D eigenvalue weighted by atomic mass is 32.1. The van der Waals surface area contributed by atoms with Gasteiger partial charge in [0.05, 0.1) is 6.04 Å². The van der Waals surface area contributed by atoms with Gasteiger partial charge in [-0.3, -0.25) is 9.69 Å². The zero-order valence-corrected chi connectivity index (χ0v) is 14.1. The third-order valence-corrected chi connectivity index (χ3v) is 5.80. The molecular weight excluding hydrogens is 327 g/mol. The Bertz CT molecular complexity index is 706. The molecule has 2 atom stereocenters. The Labute approximate surface area is 144 Å². The van der Waals surface area contributed by atoms with Crippen molar-refractivity contribution in [2.45, 2.75) is 31.3 Å². The van der Waals surface area contributed by atoms with Crippen LogP contribution in [0.4, 0.5) is 4.39 Å². The Morgan fingerprint density at radius 1 is 1.21 bits per heavy atom. The van der Waals surface area contributed by atoms with Crippen LogP contribution in [0.15, 0.2) is 29.8 Å². The van der Waals surface area contributed by atoms with E-state index in [9.17, 15) is 9.18 Å². The Hall–Kier alpha value is -1.86. The summed E-state index contributed by atoms with van der Waals surface area (Å²) in [6.45, 7) is 3.14. The molecule has 2 saturated heterocycles. The van der Waals surface area contributed by atoms with E-state index in [1.165, 1.54) is 12.1 Å². The molecule has 2 aromatic rings. The van der Waals surface area contributed by atoms with Crippen LogP contribution >= 0.6 is 11.3 Å². The van der Waals surface area contributed by atoms with E-state index in [0.717, 1.165) is 43.0 Å². The lowest BCUT2D eigenvalue weighted by Gasteiger charge is -2.23. The molecule has 2 aliphatic rings. The monoisotopic (exact) mass is 346 g/mol. The van der Waals surface area contributed by atoms with Gasteiger partial charge in [0.2, 0.25) is 5.91 Å². The fourth-order valence-corrected chi connectivity index (χ4v) is 4.34. The van der Waals surface area contributed by atoms with E-state index in [1.54, 1.807) is 29.0 Å². The normalized spacial score (nSPS) is 24.9. The van der Waals surface area contributed by atoms with Crippen molar-refractivity contribution in [1.82, 2.24) is 20.0 Å². The molecule has 4 rings (SSSR count). The van der Waals surface area contributed by atoms with Gasteiger partial charge >= 0.3 is 0 Å². The number of aromatic nitrogens is 2. The number of hydrogen-bond acceptors (Lipinski definition) is 5. The summed E-state index contributed by atoms with van der Waals surface area (Å²) in [5.74, 6) is 0.345. The maximum atomic E-state index is 13.0. The average molecular weight is 346 g/mol. The van der Waals surface area contributed by atoms with Gasteiger partial charge in [-0.05, 0) is 37.1 Å². The van der Waals surface area contributed by atoms with E-state index in [1.807, 2.05) is 4.90 Å². The Kier molecular flexibility index (Phi) is 4.28. The van der Waals surface area contributed by atoms with Gasteiger partial charge in [0.15, 0.2) is 0 Å². The predicted molar refractivity (Wildman–Crippen MR) is 89.1 cm³/mol. The smallest absolute Gasteiger partial charge is 0.240 e. The molecule has 7 heteroatoms. The maximum absolute atomic E-state index is 13.0. The minimum atomic E-state index is -0.246. The average Bonchev–Trinajstić information content (AvgIpc) is 3.31. The Morgan fingerprint density at radius 2 is 2.04 bits per heavy atom. The topological polar surface area (TPSA) is 49.3 Å². The summed E-state index contributed by atoms with van der Waals surface area (Å²) < 4.78 is 13.0. The first-order chi connectivity index (χ1) is 11.7. The highest BCUT2D eigenvalue weighted by Crippen LogP contribution is 2.31. The van der Waals surface area contributed by atoms with Crippen LogP contribution in [-0.4, -0.2) is 51.6 Å². The number of rotatable bonds is 4. The number of amides is 1. The number of hydrogen-bond donors (Lipinski definition) is 0. The molecule has 2 fully saturated rings. The number of benzene rings is 1. The third kappa shape index (κ3) is 3.06. The third-order valence-electron chi connectivity index (χ3n) is 4.94. The van der Waals surface area contributed by atoms with Crippen molar-refractivity contribution in [1.29, 1.82) is 0 Å². The van der Waals surface area contributed by atoms with Crippen LogP contribution in [0.2, 0.25) is 0 Å². The van der Waals surface area contributed by atoms with Gasteiger partial charge in [-0.15, -0.1) is 21.5 Å². The summed E-state index contributed by atoms with van der Waals surface area (Å²) in [7, 11) is 0. The summed E-state index contributed by atoms with van der Waals surface area (Å²) in [5.41, 5.74) is 2.74. The van der Waals surface area contributed by atoms with Crippen molar-refractivity contribution in [2.24, 2.45) is 0 Å². The molecular formula is C17H19FN4OS. The lowest BCUT2D eigenvalue weighted by atomic mass is 10.1. The molecule has 1 amide bonds. The quantitative estimate of drug-likeness (QED) is 0.852. The number of nitrogens with zero attached hydrogens (tertiary/aromatic N) is 4. The molecule has 5 nitrogen and oxygen atoms in total. The van der Waals surface area contributed by atoms with E-state index < -0.39 is 0 Å². The molecule has 2 aliphatic heterocycles. The van der Waals surface area contributed by atoms with Crippen LogP contribution in [-0.2, 0) is 11.3 Å². The zero-order valence-electron chi connectivity index (χ0n) is 13.3. The summed E-state index contributed by atoms with van der Waals surface area (Å²) >= 11 is 1.59. The lowest BCUT2D eigenvalue weighted by molar-refractivity contribution is -0.132. The molecule has 1 aromatic heterocycles. The highest BCUT2D eigenvalue weighted by molar-refractivity contribution is 7.09. The molecule has 3 heterocycles. The maximum Gasteiger partial charge on any atom is 0.240 e. The van der Waals surface area contributed by atoms with Crippen LogP contribution in [0, 0.1) is 5.82 Å². The molecule has 0 radical (unpaired) electrons. The van der Waals surface area contributed by atoms with Crippen molar-refractivity contribution >= 4 is 17.2 Å². The van der Waals surface area contributed by atoms with Crippen LogP contribution < -0.4 is 0 Å². The minimum absolute atomic E-state index is 0.0247. The summed E-state index contributed by atoms with van der Waals surface area (Å²) in [6, 6.07) is 6.36. The van der Waals surface area contributed by atoms with Crippen molar-refractivity contribution < 1.29 is 9.18 Å². The fourth-order valence-electron chi connectivity index (χ4n) is 3.66. The van der Waals surface area contributed by atoms with Crippen LogP contribution in [0.25, 0.3) is 0 Å². The second-order valence-corrected chi connectivity index (χ2v) is 7.31. The van der Waals surface area contributed by atoms with Crippen molar-refractivity contribution in [3.63, 3.8) is 0 Å². The van der Waals surface area contributed by atoms with Crippen molar-refractivity contribution in [2.75, 3.05) is 19.6 Å². The number of carbonyl (C=O) groups excluding carboxylic acids is 1. The van der Waals surface area contributed by atoms with E-state index in [4.69, 9.17) is 0 Å². The highest BCUT2D eigenvalue weighted by Gasteiger charge is 2.39. The van der Waals surface area contributed by atoms with Gasteiger partial charge in [0, 0.05) is 25.6 Å². The summed E-state index contributed by atoms with van der Waals surface area (Å²) in [5, 5.41) is 9.16. The predicted octanol–water partition coefficient (Wildman–Crippen LogP) is 2.27. The van der Waals surface area contributed by atoms with Crippen LogP contribution in [0.1, 0.15) is 29.3 Å². The standard InChI is InChI=1S/C17H19FN4OS/c18-14-3-1-12(2-4-14)9-22-8-6-15(17(22)23)21-7-5-13(10-21)16-20-19-11-24-16/h1-4,11,13,15H,5-10H2. The van der Waals surface area contributed by atoms with Crippen LogP contribution in [0.5, 0.6) is 0 Å². The number of likely N-dealkylation sites (tertiary alicyclic amines) is 2. The van der Waals surface area contributed by atoms with Gasteiger partial charge in [0.1, 0.15) is 16.3 Å². The lowest BCUT2D eigenvalue weighted by Crippen LogP contribution is -2.40.